The molecule has 0 aliphatic rings. The number of nitrogens with one attached hydrogen (secondary N) is 1. The van der Waals surface area contributed by atoms with Crippen LogP contribution in [0.5, 0.6) is 0 Å². The molecular formula is C32H33Cl2N3O4S. The number of amides is 2. The van der Waals surface area contributed by atoms with Crippen molar-refractivity contribution in [3.63, 3.8) is 0 Å². The van der Waals surface area contributed by atoms with Crippen molar-refractivity contribution >= 4 is 55.8 Å². The predicted molar refractivity (Wildman–Crippen MR) is 168 cm³/mol. The minimum atomic E-state index is -4.04. The minimum Gasteiger partial charge on any atom is -0.352 e. The van der Waals surface area contributed by atoms with E-state index in [4.69, 9.17) is 23.2 Å². The van der Waals surface area contributed by atoms with Gasteiger partial charge in [-0.1, -0.05) is 89.9 Å². The van der Waals surface area contributed by atoms with Gasteiger partial charge in [-0.05, 0) is 54.4 Å². The van der Waals surface area contributed by atoms with E-state index in [9.17, 15) is 18.0 Å². The number of likely N-dealkylation sites (N-methyl/N-ethyl adjacent to an activating group) is 1. The monoisotopic (exact) mass is 625 g/mol. The van der Waals surface area contributed by atoms with Crippen LogP contribution in [-0.2, 0) is 32.6 Å². The van der Waals surface area contributed by atoms with Gasteiger partial charge >= 0.3 is 0 Å². The molecule has 7 nitrogen and oxygen atoms in total. The van der Waals surface area contributed by atoms with Crippen LogP contribution < -0.4 is 5.32 Å². The predicted octanol–water partition coefficient (Wildman–Crippen LogP) is 5.93. The maximum Gasteiger partial charge on any atom is 0.243 e. The smallest absolute Gasteiger partial charge is 0.243 e. The number of benzene rings is 4. The summed E-state index contributed by atoms with van der Waals surface area (Å²) in [5, 5.41) is 5.24. The van der Waals surface area contributed by atoms with Gasteiger partial charge in [0.15, 0.2) is 0 Å². The lowest BCUT2D eigenvalue weighted by Crippen LogP contribution is -2.54. The largest absolute Gasteiger partial charge is 0.352 e. The Hall–Kier alpha value is -3.43. The SMILES string of the molecule is CC(C)NC(=O)[C@@H](Cc1ccccc1)N(Cc1c(Cl)cccc1Cl)C(=O)CN(C)S(=O)(=O)c1ccc2ccccc2c1. The Morgan fingerprint density at radius 2 is 1.45 bits per heavy atom. The molecule has 4 aromatic carbocycles. The summed E-state index contributed by atoms with van der Waals surface area (Å²) in [6, 6.07) is 25.4. The lowest BCUT2D eigenvalue weighted by molar-refractivity contribution is -0.141. The number of sulfonamides is 1. The molecule has 1 N–H and O–H groups in total. The fourth-order valence-electron chi connectivity index (χ4n) is 4.66. The first kappa shape index (κ1) is 31.5. The van der Waals surface area contributed by atoms with E-state index in [1.54, 1.807) is 30.3 Å². The third-order valence-corrected chi connectivity index (χ3v) is 9.39. The highest BCUT2D eigenvalue weighted by Crippen LogP contribution is 2.28. The van der Waals surface area contributed by atoms with Crippen molar-refractivity contribution in [3.8, 4) is 0 Å². The van der Waals surface area contributed by atoms with Crippen molar-refractivity contribution in [1.82, 2.24) is 14.5 Å². The highest BCUT2D eigenvalue weighted by Gasteiger charge is 2.34. The van der Waals surface area contributed by atoms with E-state index in [1.807, 2.05) is 68.4 Å². The zero-order valence-electron chi connectivity index (χ0n) is 23.6. The summed E-state index contributed by atoms with van der Waals surface area (Å²) in [4.78, 5) is 29.1. The molecule has 0 saturated heterocycles. The van der Waals surface area contributed by atoms with E-state index in [0.717, 1.165) is 20.6 Å². The number of hydrogen-bond acceptors (Lipinski definition) is 4. The summed E-state index contributed by atoms with van der Waals surface area (Å²) in [6.07, 6.45) is 0.203. The fraction of sp³-hybridized carbons (Fsp3) is 0.250. The zero-order chi connectivity index (χ0) is 30.4. The summed E-state index contributed by atoms with van der Waals surface area (Å²) < 4.78 is 28.1. The van der Waals surface area contributed by atoms with E-state index in [2.05, 4.69) is 5.32 Å². The van der Waals surface area contributed by atoms with Crippen molar-refractivity contribution in [2.24, 2.45) is 0 Å². The molecule has 0 spiro atoms. The molecule has 42 heavy (non-hydrogen) atoms. The third-order valence-electron chi connectivity index (χ3n) is 6.88. The number of fused-ring (bicyclic) bond motifs is 1. The first-order valence-electron chi connectivity index (χ1n) is 13.5. The lowest BCUT2D eigenvalue weighted by Gasteiger charge is -2.33. The number of nitrogens with zero attached hydrogens (tertiary/aromatic N) is 2. The van der Waals surface area contributed by atoms with Crippen LogP contribution in [0.1, 0.15) is 25.0 Å². The molecule has 4 aromatic rings. The van der Waals surface area contributed by atoms with Gasteiger partial charge in [0, 0.05) is 41.7 Å². The quantitative estimate of drug-likeness (QED) is 0.224. The molecule has 4 rings (SSSR count). The highest BCUT2D eigenvalue weighted by atomic mass is 35.5. The molecule has 0 aliphatic heterocycles. The Morgan fingerprint density at radius 1 is 0.833 bits per heavy atom. The van der Waals surface area contributed by atoms with Crippen molar-refractivity contribution in [3.05, 3.63) is 112 Å². The third kappa shape index (κ3) is 7.50. The second-order valence-electron chi connectivity index (χ2n) is 10.4. The molecule has 220 valence electrons. The van der Waals surface area contributed by atoms with Crippen LogP contribution in [0.3, 0.4) is 0 Å². The first-order chi connectivity index (χ1) is 20.0. The van der Waals surface area contributed by atoms with Crippen LogP contribution in [0, 0.1) is 0 Å². The van der Waals surface area contributed by atoms with Gasteiger partial charge in [-0.2, -0.15) is 4.31 Å². The number of rotatable bonds is 11. The lowest BCUT2D eigenvalue weighted by atomic mass is 10.0. The maximum absolute atomic E-state index is 14.0. The molecule has 0 aromatic heterocycles. The number of carbonyl (C=O) groups excluding carboxylic acids is 2. The van der Waals surface area contributed by atoms with Gasteiger partial charge < -0.3 is 10.2 Å². The van der Waals surface area contributed by atoms with E-state index in [1.165, 1.54) is 18.0 Å². The summed E-state index contributed by atoms with van der Waals surface area (Å²) >= 11 is 13.0. The molecule has 0 unspecified atom stereocenters. The molecule has 0 heterocycles. The van der Waals surface area contributed by atoms with Crippen LogP contribution in [0.2, 0.25) is 10.0 Å². The van der Waals surface area contributed by atoms with Crippen molar-refractivity contribution < 1.29 is 18.0 Å². The van der Waals surface area contributed by atoms with E-state index in [0.29, 0.717) is 15.6 Å². The van der Waals surface area contributed by atoms with Crippen molar-refractivity contribution in [2.75, 3.05) is 13.6 Å². The highest BCUT2D eigenvalue weighted by molar-refractivity contribution is 7.89. The normalized spacial score (nSPS) is 12.5. The zero-order valence-corrected chi connectivity index (χ0v) is 26.0. The molecule has 0 saturated carbocycles. The molecule has 0 bridgehead atoms. The van der Waals surface area contributed by atoms with E-state index >= 15 is 0 Å². The molecular weight excluding hydrogens is 593 g/mol. The van der Waals surface area contributed by atoms with Crippen molar-refractivity contribution in [2.45, 2.75) is 43.8 Å². The average molecular weight is 627 g/mol. The molecule has 1 atom stereocenters. The van der Waals surface area contributed by atoms with Gasteiger partial charge in [-0.25, -0.2) is 8.42 Å². The maximum atomic E-state index is 14.0. The van der Waals surface area contributed by atoms with E-state index < -0.39 is 28.5 Å². The molecule has 2 amide bonds. The van der Waals surface area contributed by atoms with Gasteiger partial charge in [-0.15, -0.1) is 0 Å². The topological polar surface area (TPSA) is 86.8 Å². The van der Waals surface area contributed by atoms with Crippen LogP contribution in [0.4, 0.5) is 0 Å². The summed E-state index contributed by atoms with van der Waals surface area (Å²) in [6.45, 7) is 3.07. The minimum absolute atomic E-state index is 0.0654. The first-order valence-corrected chi connectivity index (χ1v) is 15.7. The fourth-order valence-corrected chi connectivity index (χ4v) is 6.34. The Balaban J connectivity index is 1.71. The van der Waals surface area contributed by atoms with Gasteiger partial charge in [0.1, 0.15) is 6.04 Å². The van der Waals surface area contributed by atoms with Crippen LogP contribution in [0.15, 0.2) is 95.9 Å². The van der Waals surface area contributed by atoms with Crippen LogP contribution in [0.25, 0.3) is 10.8 Å². The molecule has 0 fully saturated rings. The number of halogens is 2. The average Bonchev–Trinajstić information content (AvgIpc) is 2.96. The summed E-state index contributed by atoms with van der Waals surface area (Å²) in [7, 11) is -2.69. The number of hydrogen-bond donors (Lipinski definition) is 1. The van der Waals surface area contributed by atoms with Crippen LogP contribution in [-0.4, -0.2) is 55.1 Å². The van der Waals surface area contributed by atoms with Gasteiger partial charge in [0.2, 0.25) is 21.8 Å². The molecule has 0 aliphatic carbocycles. The Kier molecular flexibility index (Phi) is 10.3. The second-order valence-corrected chi connectivity index (χ2v) is 13.2. The van der Waals surface area contributed by atoms with E-state index in [-0.39, 0.29) is 29.8 Å². The Morgan fingerprint density at radius 3 is 2.10 bits per heavy atom. The number of carbonyl (C=O) groups is 2. The summed E-state index contributed by atoms with van der Waals surface area (Å²) in [5.41, 5.74) is 1.30. The van der Waals surface area contributed by atoms with Gasteiger partial charge in [0.05, 0.1) is 11.4 Å². The molecule has 0 radical (unpaired) electrons. The van der Waals surface area contributed by atoms with Gasteiger partial charge in [0.25, 0.3) is 0 Å². The van der Waals surface area contributed by atoms with Crippen molar-refractivity contribution in [1.29, 1.82) is 0 Å². The Labute approximate surface area is 257 Å². The second kappa shape index (κ2) is 13.7. The molecule has 10 heteroatoms. The van der Waals surface area contributed by atoms with Crippen LogP contribution >= 0.6 is 23.2 Å². The van der Waals surface area contributed by atoms with Gasteiger partial charge in [-0.3, -0.25) is 9.59 Å². The Bertz CT molecular complexity index is 1660. The standard InChI is InChI=1S/C32H33Cl2N3O4S/c1-22(2)35-32(39)30(18-23-10-5-4-6-11-23)37(20-27-28(33)14-9-15-29(27)34)31(38)21-36(3)42(40,41)26-17-16-24-12-7-8-13-25(24)19-26/h4-17,19,22,30H,18,20-21H2,1-3H3,(H,35,39)/t30-/m1/s1. The summed E-state index contributed by atoms with van der Waals surface area (Å²) in [5.74, 6) is -0.942.